The van der Waals surface area contributed by atoms with Crippen LogP contribution in [-0.2, 0) is 13.0 Å². The molecule has 1 aromatic carbocycles. The van der Waals surface area contributed by atoms with Crippen LogP contribution in [0.1, 0.15) is 35.7 Å². The van der Waals surface area contributed by atoms with Crippen molar-refractivity contribution >= 4 is 5.78 Å². The molecule has 0 fully saturated rings. The van der Waals surface area contributed by atoms with Crippen LogP contribution >= 0.6 is 0 Å². The van der Waals surface area contributed by atoms with Gasteiger partial charge in [-0.1, -0.05) is 25.1 Å². The molecule has 0 aliphatic heterocycles. The van der Waals surface area contributed by atoms with Gasteiger partial charge in [0.05, 0.1) is 0 Å². The Labute approximate surface area is 106 Å². The highest BCUT2D eigenvalue weighted by molar-refractivity contribution is 6.02. The minimum Gasteiger partial charge on any atom is -0.331 e. The lowest BCUT2D eigenvalue weighted by Gasteiger charge is -2.10. The average molecular weight is 240 g/mol. The van der Waals surface area contributed by atoms with Crippen LogP contribution < -0.4 is 0 Å². The summed E-state index contributed by atoms with van der Waals surface area (Å²) in [6.07, 6.45) is 6.41. The lowest BCUT2D eigenvalue weighted by molar-refractivity contribution is 0.0994. The Kier molecular flexibility index (Phi) is 2.74. The highest BCUT2D eigenvalue weighted by Gasteiger charge is 2.23. The number of aromatic nitrogens is 2. The SMILES string of the molecule is CCCn1ccnc1-c1cccc2c1CCC2=O. The number of hydrogen-bond acceptors (Lipinski definition) is 2. The van der Waals surface area contributed by atoms with Crippen LogP contribution in [0.4, 0.5) is 0 Å². The number of ketones is 1. The fourth-order valence-corrected chi connectivity index (χ4v) is 2.67. The molecule has 1 aliphatic carbocycles. The van der Waals surface area contributed by atoms with Gasteiger partial charge < -0.3 is 4.57 Å². The zero-order valence-corrected chi connectivity index (χ0v) is 10.5. The van der Waals surface area contributed by atoms with Crippen LogP contribution in [0.15, 0.2) is 30.6 Å². The third-order valence-electron chi connectivity index (χ3n) is 3.50. The van der Waals surface area contributed by atoms with E-state index in [9.17, 15) is 4.79 Å². The van der Waals surface area contributed by atoms with Crippen LogP contribution in [0.2, 0.25) is 0 Å². The molecule has 0 atom stereocenters. The molecular formula is C15H16N2O. The molecule has 0 bridgehead atoms. The van der Waals surface area contributed by atoms with E-state index in [1.807, 2.05) is 24.5 Å². The number of Topliss-reactive ketones (excluding diaryl/α,β-unsaturated/α-hetero) is 1. The zero-order chi connectivity index (χ0) is 12.5. The van der Waals surface area contributed by atoms with Crippen molar-refractivity contribution in [3.63, 3.8) is 0 Å². The second-order valence-corrected chi connectivity index (χ2v) is 4.70. The molecular weight excluding hydrogens is 224 g/mol. The molecule has 3 heteroatoms. The Morgan fingerprint density at radius 3 is 2.94 bits per heavy atom. The van der Waals surface area contributed by atoms with Gasteiger partial charge in [-0.05, 0) is 18.4 Å². The lowest BCUT2D eigenvalue weighted by atomic mass is 10.0. The largest absolute Gasteiger partial charge is 0.331 e. The second kappa shape index (κ2) is 4.41. The molecule has 0 amide bonds. The van der Waals surface area contributed by atoms with E-state index in [0.29, 0.717) is 6.42 Å². The summed E-state index contributed by atoms with van der Waals surface area (Å²) in [5, 5.41) is 0. The normalized spacial score (nSPS) is 13.9. The molecule has 0 saturated carbocycles. The Balaban J connectivity index is 2.13. The van der Waals surface area contributed by atoms with Crippen LogP contribution in [-0.4, -0.2) is 15.3 Å². The van der Waals surface area contributed by atoms with Crippen molar-refractivity contribution in [3.8, 4) is 11.4 Å². The summed E-state index contributed by atoms with van der Waals surface area (Å²) in [6, 6.07) is 5.97. The molecule has 2 aromatic rings. The van der Waals surface area contributed by atoms with Gasteiger partial charge in [0.25, 0.3) is 0 Å². The first-order valence-corrected chi connectivity index (χ1v) is 6.48. The Morgan fingerprint density at radius 1 is 1.28 bits per heavy atom. The molecule has 0 N–H and O–H groups in total. The predicted molar refractivity (Wildman–Crippen MR) is 70.6 cm³/mol. The molecule has 0 spiro atoms. The number of aryl methyl sites for hydroxylation is 1. The highest BCUT2D eigenvalue weighted by Crippen LogP contribution is 2.31. The smallest absolute Gasteiger partial charge is 0.163 e. The average Bonchev–Trinajstić information content (AvgIpc) is 2.98. The molecule has 3 nitrogen and oxygen atoms in total. The van der Waals surface area contributed by atoms with E-state index in [-0.39, 0.29) is 5.78 Å². The van der Waals surface area contributed by atoms with Gasteiger partial charge in [0.15, 0.2) is 5.78 Å². The first-order chi connectivity index (χ1) is 8.81. The number of fused-ring (bicyclic) bond motifs is 1. The van der Waals surface area contributed by atoms with Gasteiger partial charge in [0.2, 0.25) is 0 Å². The van der Waals surface area contributed by atoms with Gasteiger partial charge in [0, 0.05) is 36.5 Å². The summed E-state index contributed by atoms with van der Waals surface area (Å²) in [6.45, 7) is 3.12. The lowest BCUT2D eigenvalue weighted by Crippen LogP contribution is -2.01. The fourth-order valence-electron chi connectivity index (χ4n) is 2.67. The maximum absolute atomic E-state index is 11.8. The third kappa shape index (κ3) is 1.67. The van der Waals surface area contributed by atoms with Crippen LogP contribution in [0.25, 0.3) is 11.4 Å². The molecule has 1 aliphatic rings. The van der Waals surface area contributed by atoms with E-state index in [4.69, 9.17) is 0 Å². The summed E-state index contributed by atoms with van der Waals surface area (Å²) in [7, 11) is 0. The summed E-state index contributed by atoms with van der Waals surface area (Å²) in [5.41, 5.74) is 3.18. The zero-order valence-electron chi connectivity index (χ0n) is 10.5. The molecule has 1 aromatic heterocycles. The number of carbonyl (C=O) groups is 1. The quantitative estimate of drug-likeness (QED) is 0.826. The van der Waals surface area contributed by atoms with Crippen molar-refractivity contribution in [2.45, 2.75) is 32.7 Å². The van der Waals surface area contributed by atoms with Gasteiger partial charge in [-0.3, -0.25) is 4.79 Å². The standard InChI is InChI=1S/C15H16N2O/c1-2-9-17-10-8-16-15(17)13-5-3-4-12-11(13)6-7-14(12)18/h3-5,8,10H,2,6-7,9H2,1H3. The Bertz CT molecular complexity index is 598. The van der Waals surface area contributed by atoms with E-state index in [1.165, 1.54) is 5.56 Å². The van der Waals surface area contributed by atoms with E-state index in [2.05, 4.69) is 22.5 Å². The van der Waals surface area contributed by atoms with E-state index in [0.717, 1.165) is 36.3 Å². The fraction of sp³-hybridized carbons (Fsp3) is 0.333. The van der Waals surface area contributed by atoms with Crippen molar-refractivity contribution < 1.29 is 4.79 Å². The number of imidazole rings is 1. The van der Waals surface area contributed by atoms with Crippen LogP contribution in [0.3, 0.4) is 0 Å². The van der Waals surface area contributed by atoms with Gasteiger partial charge in [-0.2, -0.15) is 0 Å². The van der Waals surface area contributed by atoms with Crippen LogP contribution in [0, 0.1) is 0 Å². The summed E-state index contributed by atoms with van der Waals surface area (Å²) < 4.78 is 2.17. The Hall–Kier alpha value is -1.90. The summed E-state index contributed by atoms with van der Waals surface area (Å²) >= 11 is 0. The minimum absolute atomic E-state index is 0.264. The minimum atomic E-state index is 0.264. The summed E-state index contributed by atoms with van der Waals surface area (Å²) in [4.78, 5) is 16.2. The molecule has 92 valence electrons. The molecule has 0 saturated heterocycles. The van der Waals surface area contributed by atoms with Crippen molar-refractivity contribution in [3.05, 3.63) is 41.7 Å². The van der Waals surface area contributed by atoms with Gasteiger partial charge >= 0.3 is 0 Å². The maximum Gasteiger partial charge on any atom is 0.163 e. The first kappa shape index (κ1) is 11.2. The first-order valence-electron chi connectivity index (χ1n) is 6.48. The number of nitrogens with zero attached hydrogens (tertiary/aromatic N) is 2. The third-order valence-corrected chi connectivity index (χ3v) is 3.50. The van der Waals surface area contributed by atoms with Gasteiger partial charge in [0.1, 0.15) is 5.82 Å². The van der Waals surface area contributed by atoms with Crippen molar-refractivity contribution in [1.82, 2.24) is 9.55 Å². The highest BCUT2D eigenvalue weighted by atomic mass is 16.1. The number of rotatable bonds is 3. The molecule has 3 rings (SSSR count). The number of hydrogen-bond donors (Lipinski definition) is 0. The molecule has 1 heterocycles. The summed E-state index contributed by atoms with van der Waals surface area (Å²) in [5.74, 6) is 1.25. The van der Waals surface area contributed by atoms with Crippen molar-refractivity contribution in [1.29, 1.82) is 0 Å². The molecule has 0 unspecified atom stereocenters. The second-order valence-electron chi connectivity index (χ2n) is 4.70. The maximum atomic E-state index is 11.8. The number of carbonyl (C=O) groups excluding carboxylic acids is 1. The van der Waals surface area contributed by atoms with Crippen molar-refractivity contribution in [2.75, 3.05) is 0 Å². The van der Waals surface area contributed by atoms with E-state index < -0.39 is 0 Å². The monoisotopic (exact) mass is 240 g/mol. The van der Waals surface area contributed by atoms with Gasteiger partial charge in [-0.15, -0.1) is 0 Å². The van der Waals surface area contributed by atoms with Crippen LogP contribution in [0.5, 0.6) is 0 Å². The molecule has 0 radical (unpaired) electrons. The van der Waals surface area contributed by atoms with E-state index in [1.54, 1.807) is 0 Å². The predicted octanol–water partition coefficient (Wildman–Crippen LogP) is 3.09. The number of benzene rings is 1. The Morgan fingerprint density at radius 2 is 2.11 bits per heavy atom. The van der Waals surface area contributed by atoms with Crippen molar-refractivity contribution in [2.24, 2.45) is 0 Å². The van der Waals surface area contributed by atoms with E-state index >= 15 is 0 Å². The van der Waals surface area contributed by atoms with Gasteiger partial charge in [-0.25, -0.2) is 4.98 Å². The molecule has 18 heavy (non-hydrogen) atoms. The topological polar surface area (TPSA) is 34.9 Å².